The van der Waals surface area contributed by atoms with Crippen LogP contribution >= 0.6 is 18.6 Å². The number of nitrogens with zero attached hydrogens (tertiary/aromatic N) is 1. The Kier molecular flexibility index (Phi) is 8.57. The van der Waals surface area contributed by atoms with Gasteiger partial charge in [0, 0.05) is 18.8 Å². The van der Waals surface area contributed by atoms with Crippen molar-refractivity contribution in [2.75, 3.05) is 7.05 Å². The van der Waals surface area contributed by atoms with E-state index in [4.69, 9.17) is 23.7 Å². The SMILES string of the molecule is CN=Cc1ccccc1O.[Cl][Ti][Cl]. The third-order valence-corrected chi connectivity index (χ3v) is 1.20. The van der Waals surface area contributed by atoms with Gasteiger partial charge < -0.3 is 5.11 Å². The molecule has 0 aliphatic heterocycles. The first-order valence-corrected chi connectivity index (χ1v) is 7.72. The Balaban J connectivity index is 0.000000424. The van der Waals surface area contributed by atoms with Gasteiger partial charge in [-0.25, -0.2) is 0 Å². The van der Waals surface area contributed by atoms with E-state index >= 15 is 0 Å². The minimum atomic E-state index is -0.556. The molecule has 0 atom stereocenters. The van der Waals surface area contributed by atoms with Crippen LogP contribution in [0.3, 0.4) is 0 Å². The van der Waals surface area contributed by atoms with Crippen LogP contribution in [0.5, 0.6) is 5.75 Å². The van der Waals surface area contributed by atoms with Gasteiger partial charge in [-0.05, 0) is 12.1 Å². The molecule has 0 aliphatic rings. The first-order chi connectivity index (χ1) is 6.26. The van der Waals surface area contributed by atoms with Crippen LogP contribution in [-0.2, 0) is 17.0 Å². The number of phenolic OH excluding ortho intramolecular Hbond substituents is 1. The third-order valence-electron chi connectivity index (χ3n) is 1.20. The molecule has 0 unspecified atom stereocenters. The van der Waals surface area contributed by atoms with Crippen LogP contribution in [0.1, 0.15) is 5.56 Å². The number of phenols is 1. The molecular weight excluding hydrogens is 245 g/mol. The number of hydrogen-bond acceptors (Lipinski definition) is 2. The summed E-state index contributed by atoms with van der Waals surface area (Å²) in [5.74, 6) is 0.271. The fourth-order valence-corrected chi connectivity index (χ4v) is 0.736. The predicted molar refractivity (Wildman–Crippen MR) is 53.3 cm³/mol. The summed E-state index contributed by atoms with van der Waals surface area (Å²) in [5.41, 5.74) is 0.755. The van der Waals surface area contributed by atoms with Crippen LogP contribution in [0, 0.1) is 0 Å². The Morgan fingerprint density at radius 3 is 2.38 bits per heavy atom. The van der Waals surface area contributed by atoms with Gasteiger partial charge >= 0.3 is 35.6 Å². The number of benzene rings is 1. The molecule has 0 amide bonds. The topological polar surface area (TPSA) is 32.6 Å². The standard InChI is InChI=1S/C8H9NO.2ClH.Ti/c1-9-6-7-4-2-3-5-8(7)10;;;/h2-6,10H,1H3;2*1H;/q;;;+2/p-2. The van der Waals surface area contributed by atoms with Crippen LogP contribution in [0.2, 0.25) is 0 Å². The molecule has 2 nitrogen and oxygen atoms in total. The average molecular weight is 254 g/mol. The number of aliphatic imine (C=N–C) groups is 1. The number of aromatic hydroxyl groups is 1. The summed E-state index contributed by atoms with van der Waals surface area (Å²) >= 11 is -0.556. The minimum absolute atomic E-state index is 0.271. The summed E-state index contributed by atoms with van der Waals surface area (Å²) in [7, 11) is 11.5. The quantitative estimate of drug-likeness (QED) is 0.606. The van der Waals surface area contributed by atoms with Crippen LogP contribution in [-0.4, -0.2) is 18.4 Å². The molecule has 5 heteroatoms. The van der Waals surface area contributed by atoms with E-state index in [1.807, 2.05) is 12.1 Å². The molecular formula is C8H9Cl2NOTi. The molecule has 0 radical (unpaired) electrons. The monoisotopic (exact) mass is 253 g/mol. The molecule has 0 heterocycles. The Hall–Kier alpha value is -0.0157. The molecule has 1 aromatic rings. The Morgan fingerprint density at radius 1 is 1.38 bits per heavy atom. The summed E-state index contributed by atoms with van der Waals surface area (Å²) in [6.45, 7) is 0. The molecule has 0 saturated heterocycles. The fourth-order valence-electron chi connectivity index (χ4n) is 0.736. The first kappa shape index (κ1) is 13.0. The fraction of sp³-hybridized carbons (Fsp3) is 0.125. The average Bonchev–Trinajstić information content (AvgIpc) is 2.11. The van der Waals surface area contributed by atoms with E-state index in [-0.39, 0.29) is 5.75 Å². The third kappa shape index (κ3) is 6.11. The van der Waals surface area contributed by atoms with Gasteiger partial charge in [-0.15, -0.1) is 0 Å². The Bertz CT molecular complexity index is 268. The second kappa shape index (κ2) is 8.58. The molecule has 1 aromatic carbocycles. The zero-order chi connectivity index (χ0) is 10.1. The van der Waals surface area contributed by atoms with Crippen molar-refractivity contribution in [1.29, 1.82) is 0 Å². The van der Waals surface area contributed by atoms with E-state index in [0.29, 0.717) is 0 Å². The maximum absolute atomic E-state index is 9.15. The zero-order valence-electron chi connectivity index (χ0n) is 7.04. The van der Waals surface area contributed by atoms with E-state index in [2.05, 4.69) is 4.99 Å². The molecule has 70 valence electrons. The van der Waals surface area contributed by atoms with Crippen LogP contribution in [0.4, 0.5) is 0 Å². The van der Waals surface area contributed by atoms with E-state index in [9.17, 15) is 0 Å². The number of rotatable bonds is 1. The number of halogens is 2. The summed E-state index contributed by atoms with van der Waals surface area (Å²) in [6.07, 6.45) is 1.62. The van der Waals surface area contributed by atoms with Crippen molar-refractivity contribution in [3.05, 3.63) is 29.8 Å². The van der Waals surface area contributed by atoms with Crippen molar-refractivity contribution in [3.63, 3.8) is 0 Å². The molecule has 0 aliphatic carbocycles. The van der Waals surface area contributed by atoms with Crippen molar-refractivity contribution < 1.29 is 22.1 Å². The van der Waals surface area contributed by atoms with Crippen molar-refractivity contribution in [3.8, 4) is 5.75 Å². The summed E-state index contributed by atoms with van der Waals surface area (Å²) in [4.78, 5) is 3.78. The van der Waals surface area contributed by atoms with Gasteiger partial charge in [-0.3, -0.25) is 4.99 Å². The first-order valence-electron chi connectivity index (χ1n) is 3.42. The summed E-state index contributed by atoms with van der Waals surface area (Å²) in [5, 5.41) is 9.15. The summed E-state index contributed by atoms with van der Waals surface area (Å²) < 4.78 is 0. The van der Waals surface area contributed by atoms with E-state index in [0.717, 1.165) is 5.56 Å². The van der Waals surface area contributed by atoms with E-state index in [1.54, 1.807) is 25.4 Å². The van der Waals surface area contributed by atoms with Crippen molar-refractivity contribution in [2.45, 2.75) is 0 Å². The zero-order valence-corrected chi connectivity index (χ0v) is 10.1. The molecule has 0 bridgehead atoms. The molecule has 1 rings (SSSR count). The molecule has 0 spiro atoms. The Morgan fingerprint density at radius 2 is 1.92 bits per heavy atom. The van der Waals surface area contributed by atoms with Crippen molar-refractivity contribution >= 4 is 24.8 Å². The number of para-hydroxylation sites is 1. The Labute approximate surface area is 94.3 Å². The van der Waals surface area contributed by atoms with Gasteiger partial charge in [-0.1, -0.05) is 12.1 Å². The summed E-state index contributed by atoms with van der Waals surface area (Å²) in [6, 6.07) is 7.08. The van der Waals surface area contributed by atoms with Crippen LogP contribution in [0.25, 0.3) is 0 Å². The molecule has 0 saturated carbocycles. The van der Waals surface area contributed by atoms with E-state index < -0.39 is 17.0 Å². The van der Waals surface area contributed by atoms with Crippen LogP contribution in [0.15, 0.2) is 29.3 Å². The second-order valence-corrected chi connectivity index (χ2v) is 4.60. The molecule has 0 aromatic heterocycles. The number of hydrogen-bond donors (Lipinski definition) is 1. The second-order valence-electron chi connectivity index (χ2n) is 2.02. The van der Waals surface area contributed by atoms with Gasteiger partial charge in [-0.2, -0.15) is 0 Å². The van der Waals surface area contributed by atoms with Gasteiger partial charge in [0.2, 0.25) is 0 Å². The predicted octanol–water partition coefficient (Wildman–Crippen LogP) is 2.82. The normalized spacial score (nSPS) is 9.15. The van der Waals surface area contributed by atoms with Crippen LogP contribution < -0.4 is 0 Å². The van der Waals surface area contributed by atoms with E-state index in [1.165, 1.54) is 0 Å². The van der Waals surface area contributed by atoms with Crippen molar-refractivity contribution in [2.24, 2.45) is 4.99 Å². The molecule has 13 heavy (non-hydrogen) atoms. The molecule has 0 fully saturated rings. The van der Waals surface area contributed by atoms with Gasteiger partial charge in [0.15, 0.2) is 0 Å². The molecule has 1 N–H and O–H groups in total. The van der Waals surface area contributed by atoms with Crippen molar-refractivity contribution in [1.82, 2.24) is 0 Å². The van der Waals surface area contributed by atoms with Gasteiger partial charge in [0.25, 0.3) is 0 Å². The van der Waals surface area contributed by atoms with Gasteiger partial charge in [0.1, 0.15) is 5.75 Å². The maximum atomic E-state index is 9.15. The van der Waals surface area contributed by atoms with Gasteiger partial charge in [0.05, 0.1) is 0 Å².